The summed E-state index contributed by atoms with van der Waals surface area (Å²) in [6, 6.07) is 9.89. The van der Waals surface area contributed by atoms with Crippen molar-refractivity contribution in [2.24, 2.45) is 0 Å². The van der Waals surface area contributed by atoms with Crippen molar-refractivity contribution in [2.45, 2.75) is 50.2 Å². The highest BCUT2D eigenvalue weighted by Gasteiger charge is 2.41. The third kappa shape index (κ3) is 4.91. The number of amides is 1. The number of piperidine rings is 1. The number of benzene rings is 1. The standard InChI is InChI=1S/C23H30N2O5/c26-13-15-28-20-8-14-29-23(16-20)9-11-25(12-10-23)21(27)7-6-19-17-30-24-22(19)18-4-2-1-3-5-18/h1-5,17,20,26H,6-16H2. The summed E-state index contributed by atoms with van der Waals surface area (Å²) in [4.78, 5) is 14.7. The van der Waals surface area contributed by atoms with Crippen LogP contribution in [-0.2, 0) is 20.7 Å². The van der Waals surface area contributed by atoms with Crippen molar-refractivity contribution in [1.82, 2.24) is 10.1 Å². The van der Waals surface area contributed by atoms with Crippen LogP contribution in [0.5, 0.6) is 0 Å². The van der Waals surface area contributed by atoms with E-state index in [1.54, 1.807) is 6.26 Å². The average molecular weight is 415 g/mol. The number of carbonyl (C=O) groups excluding carboxylic acids is 1. The maximum absolute atomic E-state index is 12.8. The Morgan fingerprint density at radius 2 is 2.07 bits per heavy atom. The van der Waals surface area contributed by atoms with Gasteiger partial charge in [0.05, 0.1) is 24.9 Å². The van der Waals surface area contributed by atoms with Gasteiger partial charge in [0.15, 0.2) is 0 Å². The van der Waals surface area contributed by atoms with Gasteiger partial charge >= 0.3 is 0 Å². The zero-order chi connectivity index (χ0) is 20.8. The Hall–Kier alpha value is -2.22. The van der Waals surface area contributed by atoms with Crippen LogP contribution in [0.15, 0.2) is 41.1 Å². The van der Waals surface area contributed by atoms with Crippen LogP contribution in [0.1, 0.15) is 37.7 Å². The van der Waals surface area contributed by atoms with Crippen molar-refractivity contribution >= 4 is 5.91 Å². The molecule has 1 atom stereocenters. The molecule has 2 fully saturated rings. The van der Waals surface area contributed by atoms with Crippen molar-refractivity contribution < 1.29 is 23.9 Å². The normalized spacial score (nSPS) is 21.1. The summed E-state index contributed by atoms with van der Waals surface area (Å²) in [5.74, 6) is 0.161. The molecular formula is C23H30N2O5. The van der Waals surface area contributed by atoms with Gasteiger partial charge in [-0.25, -0.2) is 0 Å². The van der Waals surface area contributed by atoms with E-state index in [0.717, 1.165) is 42.5 Å². The molecule has 162 valence electrons. The van der Waals surface area contributed by atoms with Gasteiger partial charge in [0.1, 0.15) is 12.0 Å². The number of aliphatic hydroxyl groups excluding tert-OH is 1. The van der Waals surface area contributed by atoms with Gasteiger partial charge in [-0.15, -0.1) is 0 Å². The molecule has 1 amide bonds. The van der Waals surface area contributed by atoms with Gasteiger partial charge in [-0.1, -0.05) is 35.5 Å². The lowest BCUT2D eigenvalue weighted by molar-refractivity contribution is -0.162. The minimum absolute atomic E-state index is 0.0464. The Bertz CT molecular complexity index is 814. The molecule has 2 aliphatic heterocycles. The first-order chi connectivity index (χ1) is 14.7. The summed E-state index contributed by atoms with van der Waals surface area (Å²) in [5, 5.41) is 13.1. The minimum Gasteiger partial charge on any atom is -0.394 e. The first-order valence-electron chi connectivity index (χ1n) is 10.8. The lowest BCUT2D eigenvalue weighted by atomic mass is 9.83. The van der Waals surface area contributed by atoms with E-state index in [9.17, 15) is 4.79 Å². The third-order valence-electron chi connectivity index (χ3n) is 6.22. The minimum atomic E-state index is -0.190. The number of rotatable bonds is 7. The van der Waals surface area contributed by atoms with Crippen LogP contribution in [0.3, 0.4) is 0 Å². The van der Waals surface area contributed by atoms with E-state index in [0.29, 0.717) is 39.1 Å². The van der Waals surface area contributed by atoms with E-state index in [2.05, 4.69) is 5.16 Å². The Morgan fingerprint density at radius 3 is 2.83 bits per heavy atom. The summed E-state index contributed by atoms with van der Waals surface area (Å²) in [5.41, 5.74) is 2.58. The predicted molar refractivity (Wildman–Crippen MR) is 111 cm³/mol. The fourth-order valence-corrected chi connectivity index (χ4v) is 4.52. The van der Waals surface area contributed by atoms with Crippen molar-refractivity contribution in [3.63, 3.8) is 0 Å². The van der Waals surface area contributed by atoms with E-state index in [-0.39, 0.29) is 24.2 Å². The molecule has 7 nitrogen and oxygen atoms in total. The second kappa shape index (κ2) is 9.73. The molecular weight excluding hydrogens is 384 g/mol. The molecule has 1 spiro atoms. The Balaban J connectivity index is 1.28. The smallest absolute Gasteiger partial charge is 0.222 e. The van der Waals surface area contributed by atoms with Gasteiger partial charge in [-0.2, -0.15) is 0 Å². The van der Waals surface area contributed by atoms with Gasteiger partial charge < -0.3 is 24.0 Å². The summed E-state index contributed by atoms with van der Waals surface area (Å²) in [6.07, 6.45) is 6.21. The molecule has 1 aromatic heterocycles. The maximum atomic E-state index is 12.8. The first-order valence-corrected chi connectivity index (χ1v) is 10.8. The molecule has 2 aromatic rings. The van der Waals surface area contributed by atoms with E-state index in [1.165, 1.54) is 0 Å². The molecule has 4 rings (SSSR count). The largest absolute Gasteiger partial charge is 0.394 e. The second-order valence-corrected chi connectivity index (χ2v) is 8.18. The Kier molecular flexibility index (Phi) is 6.82. The molecule has 2 saturated heterocycles. The highest BCUT2D eigenvalue weighted by atomic mass is 16.5. The van der Waals surface area contributed by atoms with E-state index in [1.807, 2.05) is 35.2 Å². The average Bonchev–Trinajstić information content (AvgIpc) is 3.26. The highest BCUT2D eigenvalue weighted by molar-refractivity contribution is 5.77. The summed E-state index contributed by atoms with van der Waals surface area (Å²) in [6.45, 7) is 2.52. The van der Waals surface area contributed by atoms with E-state index in [4.69, 9.17) is 19.1 Å². The van der Waals surface area contributed by atoms with Crippen LogP contribution in [0.25, 0.3) is 11.3 Å². The zero-order valence-corrected chi connectivity index (χ0v) is 17.3. The lowest BCUT2D eigenvalue weighted by Crippen LogP contribution is -2.52. The highest BCUT2D eigenvalue weighted by Crippen LogP contribution is 2.36. The zero-order valence-electron chi connectivity index (χ0n) is 17.3. The number of hydrogen-bond donors (Lipinski definition) is 1. The number of aryl methyl sites for hydroxylation is 1. The number of nitrogens with zero attached hydrogens (tertiary/aromatic N) is 2. The Labute approximate surface area is 176 Å². The molecule has 1 unspecified atom stereocenters. The molecule has 0 radical (unpaired) electrons. The van der Waals surface area contributed by atoms with Gasteiger partial charge in [0.25, 0.3) is 0 Å². The molecule has 0 bridgehead atoms. The lowest BCUT2D eigenvalue weighted by Gasteiger charge is -2.46. The second-order valence-electron chi connectivity index (χ2n) is 8.18. The van der Waals surface area contributed by atoms with Crippen LogP contribution in [0.2, 0.25) is 0 Å². The first kappa shape index (κ1) is 21.0. The Morgan fingerprint density at radius 1 is 1.27 bits per heavy atom. The third-order valence-corrected chi connectivity index (χ3v) is 6.22. The summed E-state index contributed by atoms with van der Waals surface area (Å²) in [7, 11) is 0. The van der Waals surface area contributed by atoms with Gasteiger partial charge in [-0.05, 0) is 25.7 Å². The molecule has 30 heavy (non-hydrogen) atoms. The number of aliphatic hydroxyl groups is 1. The molecule has 1 N–H and O–H groups in total. The molecule has 3 heterocycles. The quantitative estimate of drug-likeness (QED) is 0.750. The number of carbonyl (C=O) groups is 1. The number of likely N-dealkylation sites (tertiary alicyclic amines) is 1. The fraction of sp³-hybridized carbons (Fsp3) is 0.565. The fourth-order valence-electron chi connectivity index (χ4n) is 4.52. The topological polar surface area (TPSA) is 85.0 Å². The summed E-state index contributed by atoms with van der Waals surface area (Å²) >= 11 is 0. The van der Waals surface area contributed by atoms with Crippen molar-refractivity contribution in [2.75, 3.05) is 32.9 Å². The van der Waals surface area contributed by atoms with Crippen LogP contribution < -0.4 is 0 Å². The molecule has 7 heteroatoms. The van der Waals surface area contributed by atoms with Gasteiger partial charge in [-0.3, -0.25) is 4.79 Å². The van der Waals surface area contributed by atoms with E-state index >= 15 is 0 Å². The maximum Gasteiger partial charge on any atom is 0.222 e. The van der Waals surface area contributed by atoms with Crippen LogP contribution >= 0.6 is 0 Å². The monoisotopic (exact) mass is 414 g/mol. The summed E-state index contributed by atoms with van der Waals surface area (Å²) < 4.78 is 17.0. The van der Waals surface area contributed by atoms with Crippen molar-refractivity contribution in [3.05, 3.63) is 42.2 Å². The molecule has 1 aromatic carbocycles. The van der Waals surface area contributed by atoms with Crippen LogP contribution in [-0.4, -0.2) is 65.7 Å². The molecule has 0 aliphatic carbocycles. The van der Waals surface area contributed by atoms with Gasteiger partial charge in [0, 0.05) is 43.7 Å². The van der Waals surface area contributed by atoms with E-state index < -0.39 is 0 Å². The predicted octanol–water partition coefficient (Wildman–Crippen LogP) is 2.82. The van der Waals surface area contributed by atoms with Crippen LogP contribution in [0, 0.1) is 0 Å². The molecule has 0 saturated carbocycles. The van der Waals surface area contributed by atoms with Crippen molar-refractivity contribution in [1.29, 1.82) is 0 Å². The number of hydrogen-bond acceptors (Lipinski definition) is 6. The number of ether oxygens (including phenoxy) is 2. The molecule has 2 aliphatic rings. The van der Waals surface area contributed by atoms with Crippen LogP contribution in [0.4, 0.5) is 0 Å². The SMILES string of the molecule is O=C(CCc1conc1-c1ccccc1)N1CCC2(CC1)CC(OCCO)CCO2. The van der Waals surface area contributed by atoms with Gasteiger partial charge in [0.2, 0.25) is 5.91 Å². The van der Waals surface area contributed by atoms with Crippen molar-refractivity contribution in [3.8, 4) is 11.3 Å². The number of aromatic nitrogens is 1.